The zero-order chi connectivity index (χ0) is 19.4. The number of rotatable bonds is 5. The van der Waals surface area contributed by atoms with Crippen LogP contribution in [0.15, 0.2) is 60.0 Å². The number of carbonyl (C=O) groups excluding carboxylic acids is 2. The number of hydrogen-bond acceptors (Lipinski definition) is 7. The highest BCUT2D eigenvalue weighted by Crippen LogP contribution is 2.24. The van der Waals surface area contributed by atoms with Crippen molar-refractivity contribution in [2.45, 2.75) is 0 Å². The number of anilines is 2. The Morgan fingerprint density at radius 1 is 1.11 bits per heavy atom. The van der Waals surface area contributed by atoms with E-state index in [2.05, 4.69) is 5.32 Å². The number of amides is 1. The Labute approximate surface area is 157 Å². The molecule has 0 atom stereocenters. The second-order valence-electron chi connectivity index (χ2n) is 5.38. The van der Waals surface area contributed by atoms with Crippen LogP contribution in [0, 0.1) is 10.1 Å². The summed E-state index contributed by atoms with van der Waals surface area (Å²) in [5, 5.41) is 15.4. The number of nitro groups is 1. The number of hydrogen-bond donors (Lipinski definition) is 2. The maximum absolute atomic E-state index is 12.2. The number of nitrogens with zero attached hydrogens (tertiary/aromatic N) is 1. The molecule has 0 radical (unpaired) electrons. The van der Waals surface area contributed by atoms with Crippen LogP contribution < -0.4 is 15.8 Å². The molecule has 1 heterocycles. The summed E-state index contributed by atoms with van der Waals surface area (Å²) in [6.07, 6.45) is 0. The predicted octanol–water partition coefficient (Wildman–Crippen LogP) is 3.71. The molecule has 2 aromatic carbocycles. The van der Waals surface area contributed by atoms with Gasteiger partial charge in [-0.2, -0.15) is 0 Å². The first-order valence-electron chi connectivity index (χ1n) is 7.65. The Kier molecular flexibility index (Phi) is 5.13. The van der Waals surface area contributed by atoms with Gasteiger partial charge < -0.3 is 15.8 Å². The lowest BCUT2D eigenvalue weighted by Gasteiger charge is -2.07. The van der Waals surface area contributed by atoms with E-state index in [0.29, 0.717) is 10.6 Å². The third-order valence-electron chi connectivity index (χ3n) is 3.53. The van der Waals surface area contributed by atoms with Gasteiger partial charge in [-0.1, -0.05) is 6.07 Å². The van der Waals surface area contributed by atoms with Crippen LogP contribution in [0.3, 0.4) is 0 Å². The largest absolute Gasteiger partial charge is 0.423 e. The van der Waals surface area contributed by atoms with Gasteiger partial charge in [0.05, 0.1) is 15.4 Å². The SMILES string of the molecule is Nc1ccc(C(=O)Oc2ccc(NC(=O)c3cccs3)cc2)cc1[N+](=O)[O-]. The number of thiophene rings is 1. The fraction of sp³-hybridized carbons (Fsp3) is 0. The van der Waals surface area contributed by atoms with Crippen molar-refractivity contribution < 1.29 is 19.2 Å². The molecule has 0 fully saturated rings. The van der Waals surface area contributed by atoms with Gasteiger partial charge in [0.25, 0.3) is 11.6 Å². The molecule has 0 aliphatic heterocycles. The molecule has 0 saturated carbocycles. The lowest BCUT2D eigenvalue weighted by atomic mass is 10.2. The third kappa shape index (κ3) is 4.28. The van der Waals surface area contributed by atoms with Crippen molar-refractivity contribution in [3.63, 3.8) is 0 Å². The summed E-state index contributed by atoms with van der Waals surface area (Å²) in [4.78, 5) is 35.0. The molecule has 1 amide bonds. The average Bonchev–Trinajstić information content (AvgIpc) is 3.18. The number of nitrogens with two attached hydrogens (primary N) is 1. The van der Waals surface area contributed by atoms with Gasteiger partial charge in [0, 0.05) is 11.8 Å². The van der Waals surface area contributed by atoms with Gasteiger partial charge in [0.1, 0.15) is 11.4 Å². The lowest BCUT2D eigenvalue weighted by Crippen LogP contribution is -2.11. The first-order valence-corrected chi connectivity index (χ1v) is 8.53. The van der Waals surface area contributed by atoms with E-state index in [0.717, 1.165) is 6.07 Å². The zero-order valence-corrected chi connectivity index (χ0v) is 14.6. The number of ether oxygens (including phenoxy) is 1. The standard InChI is InChI=1S/C18H13N3O5S/c19-14-8-3-11(10-15(14)21(24)25)18(23)26-13-6-4-12(5-7-13)20-17(22)16-2-1-9-27-16/h1-10H,19H2,(H,20,22). The number of carbonyl (C=O) groups is 2. The number of nitro benzene ring substituents is 1. The third-order valence-corrected chi connectivity index (χ3v) is 4.40. The summed E-state index contributed by atoms with van der Waals surface area (Å²) in [7, 11) is 0. The number of nitrogen functional groups attached to an aromatic ring is 1. The van der Waals surface area contributed by atoms with Gasteiger partial charge in [-0.05, 0) is 47.8 Å². The Morgan fingerprint density at radius 2 is 1.85 bits per heavy atom. The van der Waals surface area contributed by atoms with Gasteiger partial charge in [0.2, 0.25) is 0 Å². The maximum atomic E-state index is 12.2. The van der Waals surface area contributed by atoms with Crippen LogP contribution in [-0.2, 0) is 0 Å². The second-order valence-corrected chi connectivity index (χ2v) is 6.32. The average molecular weight is 383 g/mol. The molecule has 0 unspecified atom stereocenters. The Bertz CT molecular complexity index is 1000. The van der Waals surface area contributed by atoms with Crippen LogP contribution >= 0.6 is 11.3 Å². The summed E-state index contributed by atoms with van der Waals surface area (Å²) in [6, 6.07) is 13.4. The van der Waals surface area contributed by atoms with Crippen molar-refractivity contribution in [1.82, 2.24) is 0 Å². The van der Waals surface area contributed by atoms with Gasteiger partial charge in [-0.3, -0.25) is 14.9 Å². The second kappa shape index (κ2) is 7.67. The van der Waals surface area contributed by atoms with E-state index in [-0.39, 0.29) is 28.6 Å². The topological polar surface area (TPSA) is 125 Å². The highest BCUT2D eigenvalue weighted by Gasteiger charge is 2.17. The monoisotopic (exact) mass is 383 g/mol. The summed E-state index contributed by atoms with van der Waals surface area (Å²) >= 11 is 1.33. The van der Waals surface area contributed by atoms with E-state index < -0.39 is 10.9 Å². The minimum Gasteiger partial charge on any atom is -0.423 e. The molecule has 0 aliphatic carbocycles. The van der Waals surface area contributed by atoms with Crippen molar-refractivity contribution in [2.75, 3.05) is 11.1 Å². The molecule has 0 saturated heterocycles. The van der Waals surface area contributed by atoms with Gasteiger partial charge in [-0.15, -0.1) is 11.3 Å². The normalized spacial score (nSPS) is 10.2. The van der Waals surface area contributed by atoms with Crippen molar-refractivity contribution in [1.29, 1.82) is 0 Å². The zero-order valence-electron chi connectivity index (χ0n) is 13.7. The molecular formula is C18H13N3O5S. The highest BCUT2D eigenvalue weighted by atomic mass is 32.1. The Morgan fingerprint density at radius 3 is 2.48 bits per heavy atom. The lowest BCUT2D eigenvalue weighted by molar-refractivity contribution is -0.383. The molecule has 0 bridgehead atoms. The molecule has 8 nitrogen and oxygen atoms in total. The van der Waals surface area contributed by atoms with Crippen LogP contribution in [0.4, 0.5) is 17.1 Å². The molecular weight excluding hydrogens is 370 g/mol. The molecule has 136 valence electrons. The molecule has 3 aromatic rings. The molecule has 3 rings (SSSR count). The number of benzene rings is 2. The van der Waals surface area contributed by atoms with Crippen LogP contribution in [0.1, 0.15) is 20.0 Å². The Balaban J connectivity index is 1.67. The van der Waals surface area contributed by atoms with Crippen molar-refractivity contribution >= 4 is 40.3 Å². The summed E-state index contributed by atoms with van der Waals surface area (Å²) in [5.41, 5.74) is 5.65. The molecule has 0 aliphatic rings. The van der Waals surface area contributed by atoms with E-state index in [1.165, 1.54) is 35.6 Å². The number of nitrogens with one attached hydrogen (secondary N) is 1. The molecule has 3 N–H and O–H groups in total. The number of esters is 1. The quantitative estimate of drug-likeness (QED) is 0.227. The van der Waals surface area contributed by atoms with E-state index in [1.807, 2.05) is 0 Å². The Hall–Kier alpha value is -3.72. The fourth-order valence-electron chi connectivity index (χ4n) is 2.20. The van der Waals surface area contributed by atoms with Crippen LogP contribution in [0.25, 0.3) is 0 Å². The molecule has 27 heavy (non-hydrogen) atoms. The first kappa shape index (κ1) is 18.1. The smallest absolute Gasteiger partial charge is 0.343 e. The maximum Gasteiger partial charge on any atom is 0.343 e. The van der Waals surface area contributed by atoms with Crippen LogP contribution in [0.2, 0.25) is 0 Å². The van der Waals surface area contributed by atoms with Crippen LogP contribution in [-0.4, -0.2) is 16.8 Å². The van der Waals surface area contributed by atoms with Crippen molar-refractivity contribution in [3.05, 3.63) is 80.5 Å². The van der Waals surface area contributed by atoms with E-state index >= 15 is 0 Å². The summed E-state index contributed by atoms with van der Waals surface area (Å²) in [5.74, 6) is -0.758. The van der Waals surface area contributed by atoms with E-state index in [4.69, 9.17) is 10.5 Å². The van der Waals surface area contributed by atoms with E-state index in [1.54, 1.807) is 29.6 Å². The highest BCUT2D eigenvalue weighted by molar-refractivity contribution is 7.12. The minimum atomic E-state index is -0.756. The van der Waals surface area contributed by atoms with Gasteiger partial charge in [0.15, 0.2) is 0 Å². The summed E-state index contributed by atoms with van der Waals surface area (Å²) in [6.45, 7) is 0. The minimum absolute atomic E-state index is 0.00553. The predicted molar refractivity (Wildman–Crippen MR) is 101 cm³/mol. The van der Waals surface area contributed by atoms with Crippen molar-refractivity contribution in [2.24, 2.45) is 0 Å². The fourth-order valence-corrected chi connectivity index (χ4v) is 2.82. The van der Waals surface area contributed by atoms with Crippen molar-refractivity contribution in [3.8, 4) is 5.75 Å². The molecule has 0 spiro atoms. The van der Waals surface area contributed by atoms with Crippen LogP contribution in [0.5, 0.6) is 5.75 Å². The molecule has 9 heteroatoms. The first-order chi connectivity index (χ1) is 12.9. The summed E-state index contributed by atoms with van der Waals surface area (Å²) < 4.78 is 5.19. The van der Waals surface area contributed by atoms with Gasteiger partial charge >= 0.3 is 5.97 Å². The van der Waals surface area contributed by atoms with E-state index in [9.17, 15) is 19.7 Å². The van der Waals surface area contributed by atoms with Gasteiger partial charge in [-0.25, -0.2) is 4.79 Å². The molecule has 1 aromatic heterocycles.